The van der Waals surface area contributed by atoms with Crippen LogP contribution >= 0.6 is 0 Å². The van der Waals surface area contributed by atoms with Gasteiger partial charge in [0.15, 0.2) is 5.82 Å². The van der Waals surface area contributed by atoms with Crippen LogP contribution in [0.4, 0.5) is 0 Å². The molecule has 1 saturated heterocycles. The minimum atomic E-state index is -0.196. The highest BCUT2D eigenvalue weighted by atomic mass is 16.2. The van der Waals surface area contributed by atoms with Crippen LogP contribution in [0, 0.1) is 6.92 Å². The molecule has 1 aromatic heterocycles. The zero-order valence-electron chi connectivity index (χ0n) is 18.3. The third kappa shape index (κ3) is 5.19. The Balaban J connectivity index is 1.46. The van der Waals surface area contributed by atoms with E-state index in [1.807, 2.05) is 72.5 Å². The molecule has 1 N–H and O–H groups in total. The van der Waals surface area contributed by atoms with Crippen LogP contribution in [-0.2, 0) is 17.8 Å². The number of rotatable bonds is 6. The van der Waals surface area contributed by atoms with Gasteiger partial charge in [-0.15, -0.1) is 0 Å². The number of piperidine rings is 1. The second-order valence-electron chi connectivity index (χ2n) is 8.16. The summed E-state index contributed by atoms with van der Waals surface area (Å²) in [7, 11) is 0. The number of hydrogen-bond acceptors (Lipinski definition) is 4. The standard InChI is InChI=1S/C26H28N4O2/c1-19-22(26(32)28-17-21-12-6-3-7-13-21)18-27-25(29-19)23-14-8-9-15-30(23)24(31)16-20-10-4-2-5-11-20/h2-7,10-13,18,23H,8-9,14-17H2,1H3,(H,28,32). The van der Waals surface area contributed by atoms with E-state index in [1.54, 1.807) is 6.20 Å². The first-order valence-electron chi connectivity index (χ1n) is 11.1. The zero-order valence-corrected chi connectivity index (χ0v) is 18.3. The average molecular weight is 429 g/mol. The summed E-state index contributed by atoms with van der Waals surface area (Å²) in [6.45, 7) is 2.98. The van der Waals surface area contributed by atoms with Crippen LogP contribution in [-0.4, -0.2) is 33.2 Å². The fraction of sp³-hybridized carbons (Fsp3) is 0.308. The van der Waals surface area contributed by atoms with Gasteiger partial charge in [-0.1, -0.05) is 60.7 Å². The Hall–Kier alpha value is -3.54. The number of carbonyl (C=O) groups excluding carboxylic acids is 2. The highest BCUT2D eigenvalue weighted by Gasteiger charge is 2.30. The number of amides is 2. The van der Waals surface area contributed by atoms with Crippen molar-refractivity contribution in [2.75, 3.05) is 6.54 Å². The van der Waals surface area contributed by atoms with Crippen LogP contribution in [0.3, 0.4) is 0 Å². The maximum absolute atomic E-state index is 13.0. The molecule has 1 aliphatic heterocycles. The van der Waals surface area contributed by atoms with E-state index in [-0.39, 0.29) is 17.9 Å². The van der Waals surface area contributed by atoms with Gasteiger partial charge in [0.25, 0.3) is 5.91 Å². The van der Waals surface area contributed by atoms with Crippen LogP contribution in [0.1, 0.15) is 58.3 Å². The third-order valence-electron chi connectivity index (χ3n) is 5.86. The predicted molar refractivity (Wildman–Crippen MR) is 123 cm³/mol. The zero-order chi connectivity index (χ0) is 22.3. The van der Waals surface area contributed by atoms with Gasteiger partial charge in [0.05, 0.1) is 23.7 Å². The van der Waals surface area contributed by atoms with Crippen molar-refractivity contribution in [3.63, 3.8) is 0 Å². The smallest absolute Gasteiger partial charge is 0.254 e. The highest BCUT2D eigenvalue weighted by molar-refractivity contribution is 5.94. The van der Waals surface area contributed by atoms with E-state index in [0.717, 1.165) is 30.4 Å². The fourth-order valence-electron chi connectivity index (χ4n) is 4.11. The molecule has 6 nitrogen and oxygen atoms in total. The van der Waals surface area contributed by atoms with E-state index in [9.17, 15) is 9.59 Å². The summed E-state index contributed by atoms with van der Waals surface area (Å²) in [5, 5.41) is 2.93. The Morgan fingerprint density at radius 2 is 1.69 bits per heavy atom. The van der Waals surface area contributed by atoms with E-state index in [4.69, 9.17) is 0 Å². The first-order chi connectivity index (χ1) is 15.6. The maximum Gasteiger partial charge on any atom is 0.254 e. The molecular weight excluding hydrogens is 400 g/mol. The summed E-state index contributed by atoms with van der Waals surface area (Å²) in [5.41, 5.74) is 3.12. The SMILES string of the molecule is Cc1nc(C2CCCCN2C(=O)Cc2ccccc2)ncc1C(=O)NCc1ccccc1. The predicted octanol–water partition coefficient (Wildman–Crippen LogP) is 4.01. The van der Waals surface area contributed by atoms with Crippen LogP contribution in [0.15, 0.2) is 66.9 Å². The molecule has 32 heavy (non-hydrogen) atoms. The summed E-state index contributed by atoms with van der Waals surface area (Å²) in [4.78, 5) is 36.7. The third-order valence-corrected chi connectivity index (χ3v) is 5.86. The Labute approximate surface area is 188 Å². The van der Waals surface area contributed by atoms with Gasteiger partial charge in [-0.2, -0.15) is 0 Å². The number of aryl methyl sites for hydroxylation is 1. The quantitative estimate of drug-likeness (QED) is 0.644. The molecule has 0 radical (unpaired) electrons. The molecule has 1 atom stereocenters. The second-order valence-corrected chi connectivity index (χ2v) is 8.16. The summed E-state index contributed by atoms with van der Waals surface area (Å²) in [5.74, 6) is 0.508. The first kappa shape index (κ1) is 21.7. The summed E-state index contributed by atoms with van der Waals surface area (Å²) in [6, 6.07) is 19.4. The molecule has 0 bridgehead atoms. The lowest BCUT2D eigenvalue weighted by Gasteiger charge is -2.35. The summed E-state index contributed by atoms with van der Waals surface area (Å²) >= 11 is 0. The van der Waals surface area contributed by atoms with Crippen molar-refractivity contribution in [3.8, 4) is 0 Å². The minimum Gasteiger partial charge on any atom is -0.348 e. The number of hydrogen-bond donors (Lipinski definition) is 1. The molecule has 1 fully saturated rings. The molecule has 2 heterocycles. The van der Waals surface area contributed by atoms with E-state index in [0.29, 0.717) is 36.6 Å². The Morgan fingerprint density at radius 3 is 2.38 bits per heavy atom. The van der Waals surface area contributed by atoms with Crippen LogP contribution in [0.5, 0.6) is 0 Å². The molecule has 2 amide bonds. The van der Waals surface area contributed by atoms with Gasteiger partial charge in [0.1, 0.15) is 0 Å². The molecule has 3 aromatic rings. The van der Waals surface area contributed by atoms with Gasteiger partial charge >= 0.3 is 0 Å². The molecule has 2 aromatic carbocycles. The van der Waals surface area contributed by atoms with Crippen LogP contribution in [0.2, 0.25) is 0 Å². The number of carbonyl (C=O) groups is 2. The number of aromatic nitrogens is 2. The van der Waals surface area contributed by atoms with Crippen molar-refractivity contribution >= 4 is 11.8 Å². The second kappa shape index (κ2) is 10.2. The highest BCUT2D eigenvalue weighted by Crippen LogP contribution is 2.29. The summed E-state index contributed by atoms with van der Waals surface area (Å²) in [6.07, 6.45) is 4.81. The number of nitrogens with one attached hydrogen (secondary N) is 1. The van der Waals surface area contributed by atoms with E-state index in [1.165, 1.54) is 0 Å². The molecule has 4 rings (SSSR count). The Kier molecular flexibility index (Phi) is 6.90. The van der Waals surface area contributed by atoms with Gasteiger partial charge in [-0.05, 0) is 37.3 Å². The molecular formula is C26H28N4O2. The Bertz CT molecular complexity index is 1070. The van der Waals surface area contributed by atoms with Crippen molar-refractivity contribution < 1.29 is 9.59 Å². The minimum absolute atomic E-state index is 0.0897. The Morgan fingerprint density at radius 1 is 1.00 bits per heavy atom. The van der Waals surface area contributed by atoms with Crippen molar-refractivity contribution in [1.29, 1.82) is 0 Å². The average Bonchev–Trinajstić information content (AvgIpc) is 2.84. The normalized spacial score (nSPS) is 15.9. The van der Waals surface area contributed by atoms with Gasteiger partial charge in [0.2, 0.25) is 5.91 Å². The lowest BCUT2D eigenvalue weighted by atomic mass is 9.99. The maximum atomic E-state index is 13.0. The monoisotopic (exact) mass is 428 g/mol. The van der Waals surface area contributed by atoms with E-state index < -0.39 is 0 Å². The largest absolute Gasteiger partial charge is 0.348 e. The topological polar surface area (TPSA) is 75.2 Å². The van der Waals surface area contributed by atoms with Crippen molar-refractivity contribution in [3.05, 3.63) is 95.1 Å². The molecule has 0 aliphatic carbocycles. The molecule has 1 unspecified atom stereocenters. The number of benzene rings is 2. The van der Waals surface area contributed by atoms with Crippen molar-refractivity contribution in [1.82, 2.24) is 20.2 Å². The van der Waals surface area contributed by atoms with Gasteiger partial charge in [-0.25, -0.2) is 9.97 Å². The molecule has 0 saturated carbocycles. The molecule has 164 valence electrons. The van der Waals surface area contributed by atoms with Crippen molar-refractivity contribution in [2.45, 2.75) is 45.2 Å². The molecule has 0 spiro atoms. The fourth-order valence-corrected chi connectivity index (χ4v) is 4.11. The lowest BCUT2D eigenvalue weighted by Crippen LogP contribution is -2.40. The lowest BCUT2D eigenvalue weighted by molar-refractivity contribution is -0.134. The van der Waals surface area contributed by atoms with Crippen LogP contribution in [0.25, 0.3) is 0 Å². The van der Waals surface area contributed by atoms with Gasteiger partial charge in [0, 0.05) is 19.3 Å². The number of nitrogens with zero attached hydrogens (tertiary/aromatic N) is 3. The number of likely N-dealkylation sites (tertiary alicyclic amines) is 1. The summed E-state index contributed by atoms with van der Waals surface area (Å²) < 4.78 is 0. The molecule has 1 aliphatic rings. The van der Waals surface area contributed by atoms with Crippen molar-refractivity contribution in [2.24, 2.45) is 0 Å². The molecule has 6 heteroatoms. The van der Waals surface area contributed by atoms with Crippen LogP contribution < -0.4 is 5.32 Å². The van der Waals surface area contributed by atoms with Gasteiger partial charge < -0.3 is 10.2 Å². The first-order valence-corrected chi connectivity index (χ1v) is 11.1. The van der Waals surface area contributed by atoms with E-state index >= 15 is 0 Å². The van der Waals surface area contributed by atoms with Gasteiger partial charge in [-0.3, -0.25) is 9.59 Å². The van der Waals surface area contributed by atoms with E-state index in [2.05, 4.69) is 15.3 Å².